The highest BCUT2D eigenvalue weighted by Gasteiger charge is 2.43. The number of phenols is 1. The van der Waals surface area contributed by atoms with Gasteiger partial charge in [-0.15, -0.1) is 0 Å². The minimum atomic E-state index is -0.116. The van der Waals surface area contributed by atoms with Crippen molar-refractivity contribution in [2.75, 3.05) is 33.3 Å². The number of aromatic hydroxyl groups is 1. The summed E-state index contributed by atoms with van der Waals surface area (Å²) in [5.74, 6) is -0.00541. The fourth-order valence-corrected chi connectivity index (χ4v) is 5.51. The molecule has 6 nitrogen and oxygen atoms in total. The molecule has 2 aliphatic heterocycles. The van der Waals surface area contributed by atoms with Gasteiger partial charge < -0.3 is 24.7 Å². The van der Waals surface area contributed by atoms with Crippen LogP contribution in [0, 0.1) is 12.3 Å². The Balaban J connectivity index is 1.28. The highest BCUT2D eigenvalue weighted by atomic mass is 16.5. The molecule has 1 spiro atoms. The van der Waals surface area contributed by atoms with Crippen molar-refractivity contribution in [3.05, 3.63) is 29.3 Å². The number of aliphatic hydroxyl groups is 1. The number of likely N-dealkylation sites (tertiary alicyclic amines) is 1. The van der Waals surface area contributed by atoms with Gasteiger partial charge in [-0.1, -0.05) is 11.6 Å². The second-order valence-corrected chi connectivity index (χ2v) is 9.85. The third-order valence-electron chi connectivity index (χ3n) is 7.56. The van der Waals surface area contributed by atoms with Gasteiger partial charge >= 0.3 is 0 Å². The monoisotopic (exact) mass is 416 g/mol. The van der Waals surface area contributed by atoms with E-state index in [1.807, 2.05) is 17.9 Å². The van der Waals surface area contributed by atoms with E-state index in [0.717, 1.165) is 76.8 Å². The zero-order valence-corrected chi connectivity index (χ0v) is 18.3. The number of hydrogen-bond donors (Lipinski definition) is 2. The Morgan fingerprint density at radius 1 is 1.23 bits per heavy atom. The molecular formula is C24H36N2O4. The minimum absolute atomic E-state index is 0.0634. The van der Waals surface area contributed by atoms with E-state index in [1.165, 1.54) is 0 Å². The van der Waals surface area contributed by atoms with Crippen molar-refractivity contribution >= 4 is 5.91 Å². The van der Waals surface area contributed by atoms with Gasteiger partial charge in [0.05, 0.1) is 24.4 Å². The lowest BCUT2D eigenvalue weighted by Crippen LogP contribution is -2.44. The molecule has 3 fully saturated rings. The van der Waals surface area contributed by atoms with Gasteiger partial charge in [0, 0.05) is 25.7 Å². The minimum Gasteiger partial charge on any atom is -0.507 e. The molecule has 2 N–H and O–H groups in total. The van der Waals surface area contributed by atoms with Gasteiger partial charge in [0.2, 0.25) is 0 Å². The molecule has 0 unspecified atom stereocenters. The van der Waals surface area contributed by atoms with Gasteiger partial charge in [-0.3, -0.25) is 4.79 Å². The van der Waals surface area contributed by atoms with Gasteiger partial charge in [0.15, 0.2) is 0 Å². The zero-order chi connectivity index (χ0) is 21.3. The summed E-state index contributed by atoms with van der Waals surface area (Å²) in [4.78, 5) is 17.2. The molecule has 1 aromatic rings. The van der Waals surface area contributed by atoms with Gasteiger partial charge in [-0.25, -0.2) is 0 Å². The van der Waals surface area contributed by atoms with Crippen LogP contribution in [0.2, 0.25) is 0 Å². The van der Waals surface area contributed by atoms with Crippen molar-refractivity contribution in [3.8, 4) is 5.75 Å². The predicted octanol–water partition coefficient (Wildman–Crippen LogP) is 2.95. The van der Waals surface area contributed by atoms with Crippen LogP contribution in [0.5, 0.6) is 5.75 Å². The molecule has 2 heterocycles. The number of nitrogens with zero attached hydrogens (tertiary/aromatic N) is 2. The van der Waals surface area contributed by atoms with Gasteiger partial charge in [0.25, 0.3) is 5.91 Å². The third kappa shape index (κ3) is 4.66. The number of aliphatic hydroxyl groups excluding tert-OH is 1. The van der Waals surface area contributed by atoms with Crippen molar-refractivity contribution in [2.45, 2.75) is 70.1 Å². The summed E-state index contributed by atoms with van der Waals surface area (Å²) < 4.78 is 6.21. The predicted molar refractivity (Wildman–Crippen MR) is 116 cm³/mol. The van der Waals surface area contributed by atoms with E-state index in [9.17, 15) is 15.0 Å². The Labute approximate surface area is 179 Å². The first kappa shape index (κ1) is 21.6. The summed E-state index contributed by atoms with van der Waals surface area (Å²) in [6.45, 7) is 5.11. The number of piperidine rings is 1. The van der Waals surface area contributed by atoms with Crippen molar-refractivity contribution in [1.29, 1.82) is 0 Å². The Morgan fingerprint density at radius 2 is 1.93 bits per heavy atom. The van der Waals surface area contributed by atoms with E-state index >= 15 is 0 Å². The molecule has 2 saturated heterocycles. The molecule has 3 aliphatic rings. The maximum absolute atomic E-state index is 12.9. The highest BCUT2D eigenvalue weighted by molar-refractivity contribution is 5.97. The van der Waals surface area contributed by atoms with Crippen molar-refractivity contribution in [2.24, 2.45) is 5.41 Å². The fourth-order valence-electron chi connectivity index (χ4n) is 5.51. The summed E-state index contributed by atoms with van der Waals surface area (Å²) in [5.41, 5.74) is 1.57. The van der Waals surface area contributed by atoms with Crippen LogP contribution in [-0.4, -0.2) is 77.5 Å². The molecule has 0 radical (unpaired) electrons. The van der Waals surface area contributed by atoms with E-state index in [0.29, 0.717) is 11.6 Å². The average molecular weight is 417 g/mol. The molecule has 30 heavy (non-hydrogen) atoms. The topological polar surface area (TPSA) is 73.2 Å². The van der Waals surface area contributed by atoms with Crippen LogP contribution in [0.1, 0.15) is 60.9 Å². The van der Waals surface area contributed by atoms with Gasteiger partial charge in [-0.05, 0) is 76.5 Å². The Morgan fingerprint density at radius 3 is 2.63 bits per heavy atom. The molecule has 1 amide bonds. The highest BCUT2D eigenvalue weighted by Crippen LogP contribution is 2.42. The standard InChI is InChI=1S/C24H36N2O4/c1-17-3-8-22(28)21(13-17)23(29)26-11-9-24(10-12-26)14-20(30-16-24)15-25(2)18-4-6-19(27)7-5-18/h3,8,13,18-20,27-28H,4-7,9-12,14-16H2,1-2H3/t18?,19?,20-/m0/s1. The number of carbonyl (C=O) groups excluding carboxylic acids is 1. The lowest BCUT2D eigenvalue weighted by atomic mass is 9.76. The molecule has 0 bridgehead atoms. The zero-order valence-electron chi connectivity index (χ0n) is 18.3. The van der Waals surface area contributed by atoms with E-state index in [2.05, 4.69) is 11.9 Å². The first-order chi connectivity index (χ1) is 14.3. The molecule has 1 saturated carbocycles. The van der Waals surface area contributed by atoms with Gasteiger partial charge in [0.1, 0.15) is 5.75 Å². The lowest BCUT2D eigenvalue weighted by molar-refractivity contribution is 0.0335. The second kappa shape index (κ2) is 8.85. The van der Waals surface area contributed by atoms with Crippen LogP contribution in [0.15, 0.2) is 18.2 Å². The third-order valence-corrected chi connectivity index (χ3v) is 7.56. The van der Waals surface area contributed by atoms with E-state index in [1.54, 1.807) is 12.1 Å². The lowest BCUT2D eigenvalue weighted by Gasteiger charge is -2.39. The van der Waals surface area contributed by atoms with E-state index in [4.69, 9.17) is 4.74 Å². The number of rotatable bonds is 4. The van der Waals surface area contributed by atoms with Crippen molar-refractivity contribution < 1.29 is 19.7 Å². The van der Waals surface area contributed by atoms with Gasteiger partial charge in [-0.2, -0.15) is 0 Å². The SMILES string of the molecule is Cc1ccc(O)c(C(=O)N2CCC3(CC2)CO[C@H](CN(C)C2CCC(O)CC2)C3)c1. The summed E-state index contributed by atoms with van der Waals surface area (Å²) >= 11 is 0. The normalized spacial score (nSPS) is 28.9. The Kier molecular flexibility index (Phi) is 6.37. The van der Waals surface area contributed by atoms with E-state index < -0.39 is 0 Å². The van der Waals surface area contributed by atoms with Crippen LogP contribution in [0.25, 0.3) is 0 Å². The Bertz CT molecular complexity index is 752. The summed E-state index contributed by atoms with van der Waals surface area (Å²) in [5, 5.41) is 19.8. The van der Waals surface area contributed by atoms with Crippen molar-refractivity contribution in [1.82, 2.24) is 9.80 Å². The second-order valence-electron chi connectivity index (χ2n) is 9.85. The van der Waals surface area contributed by atoms with Crippen LogP contribution >= 0.6 is 0 Å². The maximum Gasteiger partial charge on any atom is 0.257 e. The first-order valence-electron chi connectivity index (χ1n) is 11.4. The molecule has 0 aromatic heterocycles. The fraction of sp³-hybridized carbons (Fsp3) is 0.708. The maximum atomic E-state index is 12.9. The number of amides is 1. The number of likely N-dealkylation sites (N-methyl/N-ethyl adjacent to an activating group) is 1. The van der Waals surface area contributed by atoms with Crippen LogP contribution < -0.4 is 0 Å². The number of benzene rings is 1. The molecule has 1 atom stereocenters. The number of ether oxygens (including phenoxy) is 1. The summed E-state index contributed by atoms with van der Waals surface area (Å²) in [6, 6.07) is 5.75. The molecule has 6 heteroatoms. The molecule has 4 rings (SSSR count). The first-order valence-corrected chi connectivity index (χ1v) is 11.4. The van der Waals surface area contributed by atoms with E-state index in [-0.39, 0.29) is 29.3 Å². The number of phenolic OH excluding ortho intramolecular Hbond substituents is 1. The summed E-state index contributed by atoms with van der Waals surface area (Å²) in [6.07, 6.45) is 7.07. The van der Waals surface area contributed by atoms with Crippen molar-refractivity contribution in [3.63, 3.8) is 0 Å². The van der Waals surface area contributed by atoms with Crippen LogP contribution in [0.4, 0.5) is 0 Å². The molecule has 166 valence electrons. The molecule has 1 aromatic carbocycles. The van der Waals surface area contributed by atoms with Crippen LogP contribution in [0.3, 0.4) is 0 Å². The average Bonchev–Trinajstić information content (AvgIpc) is 3.12. The smallest absolute Gasteiger partial charge is 0.257 e. The quantitative estimate of drug-likeness (QED) is 0.790. The van der Waals surface area contributed by atoms with Crippen LogP contribution in [-0.2, 0) is 4.74 Å². The molecular weight excluding hydrogens is 380 g/mol. The number of aryl methyl sites for hydroxylation is 1. The Hall–Kier alpha value is -1.63. The number of carbonyl (C=O) groups is 1. The number of hydrogen-bond acceptors (Lipinski definition) is 5. The summed E-state index contributed by atoms with van der Waals surface area (Å²) in [7, 11) is 2.19. The molecule has 1 aliphatic carbocycles. The largest absolute Gasteiger partial charge is 0.507 e.